The molecule has 0 radical (unpaired) electrons. The summed E-state index contributed by atoms with van der Waals surface area (Å²) in [6.45, 7) is -1.31. The lowest BCUT2D eigenvalue weighted by Crippen LogP contribution is -2.34. The number of fused-ring (bicyclic) bond motifs is 1. The van der Waals surface area contributed by atoms with Gasteiger partial charge in [-0.25, -0.2) is 13.8 Å². The van der Waals surface area contributed by atoms with Gasteiger partial charge < -0.3 is 20.1 Å². The summed E-state index contributed by atoms with van der Waals surface area (Å²) < 4.78 is 55.2. The third kappa shape index (κ3) is 5.69. The summed E-state index contributed by atoms with van der Waals surface area (Å²) in [6, 6.07) is 2.81. The minimum absolute atomic E-state index is 0.0271. The van der Waals surface area contributed by atoms with E-state index in [4.69, 9.17) is 16.7 Å². The maximum Gasteiger partial charge on any atom is 0.340 e. The fraction of sp³-hybridized carbons (Fsp3) is 0.400. The molecule has 2 N–H and O–H groups in total. The highest BCUT2D eigenvalue weighted by Crippen LogP contribution is 2.30. The minimum Gasteiger partial charge on any atom is -0.470 e. The largest absolute Gasteiger partial charge is 0.470 e. The Morgan fingerprint density at radius 1 is 1.36 bits per heavy atom. The number of aliphatic hydroxyl groups excluding tert-OH is 1. The summed E-state index contributed by atoms with van der Waals surface area (Å²) in [4.78, 5) is 34.4. The van der Waals surface area contributed by atoms with Crippen LogP contribution in [0.1, 0.15) is 38.4 Å². The number of carbonyl (C=O) groups is 2. The molecule has 0 atom stereocenters. The van der Waals surface area contributed by atoms with Crippen molar-refractivity contribution in [2.45, 2.75) is 31.9 Å². The molecule has 2 aromatic heterocycles. The number of aromatic nitrogens is 2. The number of halogens is 5. The molecule has 2 amide bonds. The molecule has 33 heavy (non-hydrogen) atoms. The summed E-state index contributed by atoms with van der Waals surface area (Å²) in [5, 5.41) is 11.3. The molecule has 0 saturated carbocycles. The van der Waals surface area contributed by atoms with Crippen LogP contribution in [0.3, 0.4) is 0 Å². The van der Waals surface area contributed by atoms with Crippen molar-refractivity contribution < 1.29 is 37.0 Å². The van der Waals surface area contributed by atoms with E-state index in [0.29, 0.717) is 23.1 Å². The van der Waals surface area contributed by atoms with Crippen LogP contribution in [0.25, 0.3) is 0 Å². The second kappa shape index (κ2) is 10.3. The monoisotopic (exact) mass is 490 g/mol. The summed E-state index contributed by atoms with van der Waals surface area (Å²) in [5.74, 6) is -5.62. The molecule has 13 heteroatoms. The molecule has 0 bridgehead atoms. The van der Waals surface area contributed by atoms with Crippen LogP contribution in [0.15, 0.2) is 24.5 Å². The van der Waals surface area contributed by atoms with Crippen molar-refractivity contribution >= 4 is 23.4 Å². The lowest BCUT2D eigenvalue weighted by Gasteiger charge is -2.18. The van der Waals surface area contributed by atoms with Gasteiger partial charge in [-0.05, 0) is 24.1 Å². The first-order valence-corrected chi connectivity index (χ1v) is 10.1. The number of ether oxygens (including phenoxy) is 1. The Hall–Kier alpha value is -2.99. The van der Waals surface area contributed by atoms with Crippen molar-refractivity contribution in [1.82, 2.24) is 20.2 Å². The van der Waals surface area contributed by atoms with E-state index in [2.05, 4.69) is 20.0 Å². The Balaban J connectivity index is 1.69. The van der Waals surface area contributed by atoms with Crippen molar-refractivity contribution in [3.8, 4) is 5.88 Å². The molecule has 8 nitrogen and oxygen atoms in total. The fourth-order valence-electron chi connectivity index (χ4n) is 3.08. The molecule has 0 aromatic carbocycles. The third-order valence-electron chi connectivity index (χ3n) is 4.72. The summed E-state index contributed by atoms with van der Waals surface area (Å²) >= 11 is 5.97. The zero-order valence-corrected chi connectivity index (χ0v) is 17.8. The highest BCUT2D eigenvalue weighted by atomic mass is 35.5. The normalized spacial score (nSPS) is 13.4. The highest BCUT2D eigenvalue weighted by molar-refractivity contribution is 6.31. The van der Waals surface area contributed by atoms with Gasteiger partial charge in [0.25, 0.3) is 11.8 Å². The molecular weight excluding hydrogens is 472 g/mol. The molecule has 178 valence electrons. The number of amides is 2. The van der Waals surface area contributed by atoms with Gasteiger partial charge in [0, 0.05) is 49.8 Å². The van der Waals surface area contributed by atoms with Gasteiger partial charge in [0.15, 0.2) is 6.61 Å². The number of hydrogen-bond acceptors (Lipinski definition) is 6. The molecule has 0 spiro atoms. The fourth-order valence-corrected chi connectivity index (χ4v) is 3.32. The maximum absolute atomic E-state index is 13.0. The summed E-state index contributed by atoms with van der Waals surface area (Å²) in [5.41, 5.74) is 1.28. The van der Waals surface area contributed by atoms with Gasteiger partial charge in [0.05, 0.1) is 0 Å². The molecule has 0 unspecified atom stereocenters. The van der Waals surface area contributed by atoms with Crippen LogP contribution in [0.5, 0.6) is 5.88 Å². The molecule has 3 heterocycles. The molecule has 2 aromatic rings. The van der Waals surface area contributed by atoms with Gasteiger partial charge in [-0.3, -0.25) is 14.6 Å². The number of carbonyl (C=O) groups excluding carboxylic acids is 2. The molecule has 1 aliphatic rings. The zero-order valence-electron chi connectivity index (χ0n) is 17.0. The van der Waals surface area contributed by atoms with Gasteiger partial charge in [-0.15, -0.1) is 0 Å². The standard InChI is InChI=1S/C20H19ClF4N4O4/c21-14-6-11(7-28-17(14)33-10-20(24,25)19(22)23)8-29-9-13-12(18(29)32)2-4-26-15(13)16(31)27-3-1-5-30/h2,4,6-7,19,30H,1,3,5,8-10H2,(H,27,31). The van der Waals surface area contributed by atoms with E-state index < -0.39 is 30.7 Å². The van der Waals surface area contributed by atoms with E-state index in [9.17, 15) is 27.2 Å². The SMILES string of the molecule is O=C(NCCCO)c1nccc2c1CN(Cc1cnc(OCC(F)(F)C(F)F)c(Cl)c1)C2=O. The first-order valence-electron chi connectivity index (χ1n) is 9.73. The Bertz CT molecular complexity index is 1040. The number of rotatable bonds is 10. The van der Waals surface area contributed by atoms with Crippen LogP contribution in [-0.4, -0.2) is 63.9 Å². The Kier molecular flexibility index (Phi) is 7.69. The van der Waals surface area contributed by atoms with E-state index in [-0.39, 0.29) is 42.9 Å². The van der Waals surface area contributed by atoms with Crippen molar-refractivity contribution in [2.24, 2.45) is 0 Å². The molecule has 3 rings (SSSR count). The van der Waals surface area contributed by atoms with Crippen LogP contribution in [-0.2, 0) is 13.1 Å². The number of pyridine rings is 2. The van der Waals surface area contributed by atoms with Crippen LogP contribution in [0, 0.1) is 0 Å². The number of nitrogens with zero attached hydrogens (tertiary/aromatic N) is 3. The predicted molar refractivity (Wildman–Crippen MR) is 108 cm³/mol. The second-order valence-corrected chi connectivity index (χ2v) is 7.57. The lowest BCUT2D eigenvalue weighted by atomic mass is 10.1. The Morgan fingerprint density at radius 2 is 2.12 bits per heavy atom. The van der Waals surface area contributed by atoms with Gasteiger partial charge in [-0.1, -0.05) is 11.6 Å². The van der Waals surface area contributed by atoms with Crippen molar-refractivity contribution in [3.63, 3.8) is 0 Å². The van der Waals surface area contributed by atoms with Gasteiger partial charge in [0.2, 0.25) is 5.88 Å². The van der Waals surface area contributed by atoms with Gasteiger partial charge >= 0.3 is 12.3 Å². The predicted octanol–water partition coefficient (Wildman–Crippen LogP) is 2.68. The van der Waals surface area contributed by atoms with E-state index in [1.54, 1.807) is 0 Å². The second-order valence-electron chi connectivity index (χ2n) is 7.16. The van der Waals surface area contributed by atoms with Crippen molar-refractivity contribution in [3.05, 3.63) is 51.9 Å². The van der Waals surface area contributed by atoms with Crippen LogP contribution in [0.2, 0.25) is 5.02 Å². The molecule has 0 saturated heterocycles. The van der Waals surface area contributed by atoms with Crippen molar-refractivity contribution in [2.75, 3.05) is 19.8 Å². The lowest BCUT2D eigenvalue weighted by molar-refractivity contribution is -0.148. The van der Waals surface area contributed by atoms with E-state index >= 15 is 0 Å². The van der Waals surface area contributed by atoms with Crippen molar-refractivity contribution in [1.29, 1.82) is 0 Å². The van der Waals surface area contributed by atoms with E-state index in [0.717, 1.165) is 0 Å². The van der Waals surface area contributed by atoms with E-state index in [1.165, 1.54) is 29.4 Å². The highest BCUT2D eigenvalue weighted by Gasteiger charge is 2.42. The smallest absolute Gasteiger partial charge is 0.340 e. The minimum atomic E-state index is -4.35. The molecular formula is C20H19ClF4N4O4. The number of nitrogens with one attached hydrogen (secondary N) is 1. The summed E-state index contributed by atoms with van der Waals surface area (Å²) in [6.07, 6.45) is -0.951. The molecule has 0 aliphatic carbocycles. The molecule has 1 aliphatic heterocycles. The molecule has 0 fully saturated rings. The number of aliphatic hydroxyl groups is 1. The number of alkyl halides is 4. The van der Waals surface area contributed by atoms with Gasteiger partial charge in [-0.2, -0.15) is 8.78 Å². The first-order chi connectivity index (χ1) is 15.6. The average molecular weight is 491 g/mol. The van der Waals surface area contributed by atoms with E-state index in [1.807, 2.05) is 0 Å². The zero-order chi connectivity index (χ0) is 24.2. The summed E-state index contributed by atoms with van der Waals surface area (Å²) in [7, 11) is 0. The van der Waals surface area contributed by atoms with Crippen LogP contribution < -0.4 is 10.1 Å². The number of hydrogen-bond donors (Lipinski definition) is 2. The Labute approximate surface area is 190 Å². The topological polar surface area (TPSA) is 105 Å². The van der Waals surface area contributed by atoms with Gasteiger partial charge in [0.1, 0.15) is 10.7 Å². The van der Waals surface area contributed by atoms with Crippen LogP contribution in [0.4, 0.5) is 17.6 Å². The average Bonchev–Trinajstić information content (AvgIpc) is 3.08. The maximum atomic E-state index is 13.0. The van der Waals surface area contributed by atoms with Crippen LogP contribution >= 0.6 is 11.6 Å². The first kappa shape index (κ1) is 24.6. The third-order valence-corrected chi connectivity index (χ3v) is 4.99. The Morgan fingerprint density at radius 3 is 2.79 bits per heavy atom. The quantitative estimate of drug-likeness (QED) is 0.392.